The van der Waals surface area contributed by atoms with E-state index in [4.69, 9.17) is 0 Å². The number of halogens is 1. The maximum absolute atomic E-state index is 13.8. The van der Waals surface area contributed by atoms with Gasteiger partial charge in [-0.2, -0.15) is 0 Å². The average Bonchev–Trinajstić information content (AvgIpc) is 3.15. The van der Waals surface area contributed by atoms with Crippen molar-refractivity contribution >= 4 is 38.2 Å². The number of piperidine rings is 1. The second-order valence-electron chi connectivity index (χ2n) is 7.87. The molecular formula is C23H24FN3O4S. The molecule has 1 aliphatic heterocycles. The van der Waals surface area contributed by atoms with E-state index in [9.17, 15) is 22.4 Å². The lowest BCUT2D eigenvalue weighted by Gasteiger charge is -2.27. The molecule has 1 aliphatic rings. The second-order valence-corrected chi connectivity index (χ2v) is 9.82. The molecule has 2 amide bonds. The number of hydrogen-bond donors (Lipinski definition) is 1. The number of para-hydroxylation sites is 2. The van der Waals surface area contributed by atoms with E-state index in [1.807, 2.05) is 0 Å². The summed E-state index contributed by atoms with van der Waals surface area (Å²) in [7, 11) is -4.04. The highest BCUT2D eigenvalue weighted by Crippen LogP contribution is 2.27. The summed E-state index contributed by atoms with van der Waals surface area (Å²) in [5, 5.41) is 2.75. The summed E-state index contributed by atoms with van der Waals surface area (Å²) in [5.74, 6) is -2.39. The van der Waals surface area contributed by atoms with Crippen molar-refractivity contribution in [3.8, 4) is 0 Å². The number of carbonyl (C=O) groups excluding carboxylic acids is 2. The Morgan fingerprint density at radius 2 is 1.66 bits per heavy atom. The lowest BCUT2D eigenvalue weighted by atomic mass is 10.1. The van der Waals surface area contributed by atoms with Crippen LogP contribution in [0, 0.1) is 5.82 Å². The van der Waals surface area contributed by atoms with Gasteiger partial charge in [0.25, 0.3) is 0 Å². The van der Waals surface area contributed by atoms with Crippen LogP contribution in [-0.4, -0.2) is 48.5 Å². The first kappa shape index (κ1) is 22.0. The molecule has 0 unspecified atom stereocenters. The number of hydrogen-bond acceptors (Lipinski definition) is 4. The fraction of sp³-hybridized carbons (Fsp3) is 0.304. The zero-order valence-corrected chi connectivity index (χ0v) is 18.3. The van der Waals surface area contributed by atoms with Crippen LogP contribution < -0.4 is 5.32 Å². The van der Waals surface area contributed by atoms with Crippen LogP contribution in [0.1, 0.15) is 19.3 Å². The van der Waals surface area contributed by atoms with Crippen LogP contribution in [-0.2, 0) is 26.0 Å². The minimum absolute atomic E-state index is 0.0248. The van der Waals surface area contributed by atoms with Crippen LogP contribution in [0.5, 0.6) is 0 Å². The van der Waals surface area contributed by atoms with Crippen molar-refractivity contribution in [3.63, 3.8) is 0 Å². The molecule has 1 saturated heterocycles. The van der Waals surface area contributed by atoms with Gasteiger partial charge in [0, 0.05) is 30.2 Å². The molecule has 0 bridgehead atoms. The molecule has 168 valence electrons. The molecule has 0 radical (unpaired) electrons. The molecule has 9 heteroatoms. The summed E-state index contributed by atoms with van der Waals surface area (Å²) in [5.41, 5.74) is 0.521. The molecule has 0 spiro atoms. The fourth-order valence-corrected chi connectivity index (χ4v) is 5.35. The van der Waals surface area contributed by atoms with Gasteiger partial charge in [0.15, 0.2) is 9.84 Å². The van der Waals surface area contributed by atoms with Gasteiger partial charge in [0.05, 0.1) is 10.6 Å². The van der Waals surface area contributed by atoms with Crippen LogP contribution in [0.15, 0.2) is 59.6 Å². The van der Waals surface area contributed by atoms with Gasteiger partial charge in [-0.1, -0.05) is 30.3 Å². The van der Waals surface area contributed by atoms with Gasteiger partial charge in [-0.15, -0.1) is 0 Å². The van der Waals surface area contributed by atoms with Crippen molar-refractivity contribution in [2.75, 3.05) is 24.2 Å². The van der Waals surface area contributed by atoms with Crippen LogP contribution in [0.3, 0.4) is 0 Å². The van der Waals surface area contributed by atoms with Gasteiger partial charge in [-0.3, -0.25) is 9.59 Å². The van der Waals surface area contributed by atoms with E-state index in [0.717, 1.165) is 19.3 Å². The number of amides is 2. The lowest BCUT2D eigenvalue weighted by Crippen LogP contribution is -2.37. The molecule has 0 atom stereocenters. The third-order valence-electron chi connectivity index (χ3n) is 5.57. The first-order chi connectivity index (χ1) is 15.3. The van der Waals surface area contributed by atoms with Gasteiger partial charge in [-0.05, 0) is 37.5 Å². The molecule has 4 rings (SSSR count). The van der Waals surface area contributed by atoms with Crippen molar-refractivity contribution in [1.29, 1.82) is 0 Å². The van der Waals surface area contributed by atoms with Gasteiger partial charge < -0.3 is 14.8 Å². The quantitative estimate of drug-likeness (QED) is 0.616. The van der Waals surface area contributed by atoms with Gasteiger partial charge in [0.1, 0.15) is 18.1 Å². The van der Waals surface area contributed by atoms with Crippen molar-refractivity contribution in [2.24, 2.45) is 0 Å². The second kappa shape index (κ2) is 9.12. The number of aromatic nitrogens is 1. The topological polar surface area (TPSA) is 88.5 Å². The highest BCUT2D eigenvalue weighted by Gasteiger charge is 2.26. The summed E-state index contributed by atoms with van der Waals surface area (Å²) < 4.78 is 41.5. The normalized spacial score (nSPS) is 14.5. The Labute approximate surface area is 185 Å². The number of nitrogens with zero attached hydrogens (tertiary/aromatic N) is 2. The van der Waals surface area contributed by atoms with Gasteiger partial charge in [0.2, 0.25) is 11.8 Å². The predicted octanol–water partition coefficient (Wildman–Crippen LogP) is 3.21. The zero-order valence-electron chi connectivity index (χ0n) is 17.5. The number of sulfone groups is 1. The van der Waals surface area contributed by atoms with Crippen molar-refractivity contribution in [3.05, 3.63) is 60.5 Å². The summed E-state index contributed by atoms with van der Waals surface area (Å²) in [6, 6.07) is 12.4. The highest BCUT2D eigenvalue weighted by molar-refractivity contribution is 7.92. The maximum Gasteiger partial charge on any atom is 0.242 e. The molecule has 1 N–H and O–H groups in total. The molecule has 2 heterocycles. The minimum atomic E-state index is -4.04. The standard InChI is InChI=1S/C23H24FN3O4S/c24-18-9-3-4-10-19(18)25-22(28)16-32(30,31)21-14-27(20-11-5-2-8-17(20)21)15-23(29)26-12-6-1-7-13-26/h2-5,8-11,14H,1,6-7,12-13,15-16H2,(H,25,28). The molecule has 1 aromatic heterocycles. The maximum atomic E-state index is 13.8. The van der Waals surface area contributed by atoms with E-state index in [-0.39, 0.29) is 23.0 Å². The molecule has 2 aromatic carbocycles. The number of carbonyl (C=O) groups is 2. The van der Waals surface area contributed by atoms with Crippen LogP contribution in [0.4, 0.5) is 10.1 Å². The SMILES string of the molecule is O=C(CS(=O)(=O)c1cn(CC(=O)N2CCCCC2)c2ccccc12)Nc1ccccc1F. The fourth-order valence-electron chi connectivity index (χ4n) is 3.98. The van der Waals surface area contributed by atoms with Crippen LogP contribution in [0.25, 0.3) is 10.9 Å². The molecule has 0 aliphatic carbocycles. The Balaban J connectivity index is 1.58. The van der Waals surface area contributed by atoms with Crippen molar-refractivity contribution in [1.82, 2.24) is 9.47 Å². The van der Waals surface area contributed by atoms with E-state index in [1.165, 1.54) is 24.4 Å². The Kier molecular flexibility index (Phi) is 6.27. The van der Waals surface area contributed by atoms with Gasteiger partial charge >= 0.3 is 0 Å². The van der Waals surface area contributed by atoms with E-state index < -0.39 is 27.3 Å². The van der Waals surface area contributed by atoms with E-state index in [0.29, 0.717) is 24.0 Å². The zero-order chi connectivity index (χ0) is 22.7. The smallest absolute Gasteiger partial charge is 0.242 e. The van der Waals surface area contributed by atoms with Crippen LogP contribution >= 0.6 is 0 Å². The summed E-state index contributed by atoms with van der Waals surface area (Å²) in [6.07, 6.45) is 4.45. The Hall–Kier alpha value is -3.20. The average molecular weight is 458 g/mol. The Bertz CT molecular complexity index is 1260. The molecule has 32 heavy (non-hydrogen) atoms. The van der Waals surface area contributed by atoms with E-state index >= 15 is 0 Å². The molecule has 3 aromatic rings. The Morgan fingerprint density at radius 3 is 2.41 bits per heavy atom. The van der Waals surface area contributed by atoms with Crippen molar-refractivity contribution in [2.45, 2.75) is 30.7 Å². The number of benzene rings is 2. The van der Waals surface area contributed by atoms with Crippen LogP contribution in [0.2, 0.25) is 0 Å². The number of likely N-dealkylation sites (tertiary alicyclic amines) is 1. The number of fused-ring (bicyclic) bond motifs is 1. The monoisotopic (exact) mass is 457 g/mol. The predicted molar refractivity (Wildman–Crippen MR) is 119 cm³/mol. The number of rotatable bonds is 6. The van der Waals surface area contributed by atoms with Crippen molar-refractivity contribution < 1.29 is 22.4 Å². The largest absolute Gasteiger partial charge is 0.341 e. The highest BCUT2D eigenvalue weighted by atomic mass is 32.2. The number of nitrogens with one attached hydrogen (secondary N) is 1. The number of anilines is 1. The summed E-state index contributed by atoms with van der Waals surface area (Å²) >= 11 is 0. The minimum Gasteiger partial charge on any atom is -0.341 e. The third-order valence-corrected chi connectivity index (χ3v) is 7.21. The lowest BCUT2D eigenvalue weighted by molar-refractivity contribution is -0.132. The summed E-state index contributed by atoms with van der Waals surface area (Å²) in [6.45, 7) is 1.44. The third kappa shape index (κ3) is 4.67. The van der Waals surface area contributed by atoms with E-state index in [1.54, 1.807) is 39.8 Å². The Morgan fingerprint density at radius 1 is 0.969 bits per heavy atom. The molecular weight excluding hydrogens is 433 g/mol. The molecule has 7 nitrogen and oxygen atoms in total. The first-order valence-corrected chi connectivity index (χ1v) is 12.1. The molecule has 1 fully saturated rings. The molecule has 0 saturated carbocycles. The summed E-state index contributed by atoms with van der Waals surface area (Å²) in [4.78, 5) is 26.9. The van der Waals surface area contributed by atoms with Gasteiger partial charge in [-0.25, -0.2) is 12.8 Å². The first-order valence-electron chi connectivity index (χ1n) is 10.5. The van der Waals surface area contributed by atoms with E-state index in [2.05, 4.69) is 5.32 Å².